The molecular formula is C34H34N2O4. The Morgan fingerprint density at radius 2 is 0.800 bits per heavy atom. The Hall–Kier alpha value is -5.10. The lowest BCUT2D eigenvalue weighted by Gasteiger charge is -1.94. The molecule has 204 valence electrons. The van der Waals surface area contributed by atoms with E-state index in [4.69, 9.17) is 0 Å². The van der Waals surface area contributed by atoms with Crippen molar-refractivity contribution in [3.05, 3.63) is 175 Å². The van der Waals surface area contributed by atoms with E-state index in [1.54, 1.807) is 24.3 Å². The molecule has 0 bridgehead atoms. The van der Waals surface area contributed by atoms with Gasteiger partial charge in [-0.3, -0.25) is 20.2 Å². The van der Waals surface area contributed by atoms with Gasteiger partial charge in [-0.2, -0.15) is 0 Å². The Labute approximate surface area is 236 Å². The lowest BCUT2D eigenvalue weighted by atomic mass is 10.1. The number of allylic oxidation sites excluding steroid dienone is 16. The van der Waals surface area contributed by atoms with Crippen molar-refractivity contribution in [2.24, 2.45) is 0 Å². The van der Waals surface area contributed by atoms with Gasteiger partial charge in [0.15, 0.2) is 0 Å². The average Bonchev–Trinajstić information content (AvgIpc) is 2.93. The highest BCUT2D eigenvalue weighted by molar-refractivity contribution is 5.55. The van der Waals surface area contributed by atoms with Gasteiger partial charge >= 0.3 is 0 Å². The number of hydrogen-bond donors (Lipinski definition) is 0. The smallest absolute Gasteiger partial charge is 0.258 e. The maximum Gasteiger partial charge on any atom is 0.269 e. The van der Waals surface area contributed by atoms with Crippen molar-refractivity contribution in [3.8, 4) is 0 Å². The number of nitrogens with zero attached hydrogens (tertiary/aromatic N) is 2. The molecule has 0 aliphatic heterocycles. The second-order valence-electron chi connectivity index (χ2n) is 9.11. The number of benzene rings is 2. The van der Waals surface area contributed by atoms with Crippen LogP contribution in [-0.2, 0) is 0 Å². The molecular weight excluding hydrogens is 500 g/mol. The molecule has 0 N–H and O–H groups in total. The monoisotopic (exact) mass is 534 g/mol. The van der Waals surface area contributed by atoms with Crippen LogP contribution in [0.5, 0.6) is 0 Å². The van der Waals surface area contributed by atoms with Crippen LogP contribution in [0.2, 0.25) is 0 Å². The van der Waals surface area contributed by atoms with Gasteiger partial charge in [-0.05, 0) is 63.1 Å². The van der Waals surface area contributed by atoms with Gasteiger partial charge in [-0.1, -0.05) is 107 Å². The summed E-state index contributed by atoms with van der Waals surface area (Å²) in [6.45, 7) is 8.06. The van der Waals surface area contributed by atoms with E-state index in [1.165, 1.54) is 24.3 Å². The summed E-state index contributed by atoms with van der Waals surface area (Å²) < 4.78 is 0. The highest BCUT2D eigenvalue weighted by Crippen LogP contribution is 2.15. The van der Waals surface area contributed by atoms with Crippen molar-refractivity contribution in [1.82, 2.24) is 0 Å². The van der Waals surface area contributed by atoms with Crippen LogP contribution in [-0.4, -0.2) is 9.85 Å². The van der Waals surface area contributed by atoms with E-state index in [2.05, 4.69) is 0 Å². The molecule has 0 radical (unpaired) electrons. The van der Waals surface area contributed by atoms with E-state index < -0.39 is 9.85 Å². The van der Waals surface area contributed by atoms with Gasteiger partial charge in [-0.15, -0.1) is 0 Å². The molecule has 0 aromatic heterocycles. The van der Waals surface area contributed by atoms with Gasteiger partial charge in [0, 0.05) is 24.3 Å². The molecule has 2 rings (SSSR count). The summed E-state index contributed by atoms with van der Waals surface area (Å²) in [5.74, 6) is 0. The van der Waals surface area contributed by atoms with Gasteiger partial charge in [0.05, 0.1) is 9.85 Å². The predicted molar refractivity (Wildman–Crippen MR) is 167 cm³/mol. The second kappa shape index (κ2) is 16.7. The molecule has 0 amide bonds. The van der Waals surface area contributed by atoms with Crippen LogP contribution < -0.4 is 0 Å². The fraction of sp³-hybridized carbons (Fsp3) is 0.118. The summed E-state index contributed by atoms with van der Waals surface area (Å²) in [7, 11) is 0. The van der Waals surface area contributed by atoms with Crippen LogP contribution in [0.15, 0.2) is 144 Å². The Morgan fingerprint density at radius 1 is 0.500 bits per heavy atom. The quantitative estimate of drug-likeness (QED) is 0.154. The summed E-state index contributed by atoms with van der Waals surface area (Å²) in [6, 6.07) is 12.9. The highest BCUT2D eigenvalue weighted by atomic mass is 16.6. The third kappa shape index (κ3) is 12.4. The molecule has 0 unspecified atom stereocenters. The molecule has 0 saturated carbocycles. The first kappa shape index (κ1) is 31.1. The van der Waals surface area contributed by atoms with Crippen LogP contribution >= 0.6 is 0 Å². The topological polar surface area (TPSA) is 86.3 Å². The zero-order valence-electron chi connectivity index (χ0n) is 23.2. The van der Waals surface area contributed by atoms with E-state index in [0.29, 0.717) is 0 Å². The van der Waals surface area contributed by atoms with E-state index in [-0.39, 0.29) is 11.4 Å². The van der Waals surface area contributed by atoms with Crippen LogP contribution in [0.25, 0.3) is 12.2 Å². The standard InChI is InChI=1S/C34H34N2O4/c1-27(11-7-13-29(3)15-17-31-19-23-33(24-20-31)35(37)38)9-5-6-10-28(2)12-8-14-30(4)16-18-32-21-25-34(26-22-32)36(39)40/h5-26H,1-4H3/b6-5+,11-7+,12-8+,17-15+,18-16+,27-9+,28-10+,29-13+,30-14+. The van der Waals surface area contributed by atoms with Gasteiger partial charge in [0.25, 0.3) is 11.4 Å². The summed E-state index contributed by atoms with van der Waals surface area (Å²) >= 11 is 0. The molecule has 0 aliphatic rings. The molecule has 40 heavy (non-hydrogen) atoms. The zero-order valence-corrected chi connectivity index (χ0v) is 23.2. The lowest BCUT2D eigenvalue weighted by Crippen LogP contribution is -1.86. The molecule has 0 heterocycles. The summed E-state index contributed by atoms with van der Waals surface area (Å²) in [6.07, 6.45) is 27.9. The number of non-ortho nitro benzene ring substituents is 2. The Bertz CT molecular complexity index is 1330. The minimum absolute atomic E-state index is 0.0844. The third-order valence-electron chi connectivity index (χ3n) is 5.55. The first-order chi connectivity index (χ1) is 19.1. The molecule has 0 fully saturated rings. The molecule has 0 saturated heterocycles. The van der Waals surface area contributed by atoms with Crippen LogP contribution in [0.4, 0.5) is 11.4 Å². The summed E-state index contributed by atoms with van der Waals surface area (Å²) in [4.78, 5) is 20.7. The molecule has 2 aromatic rings. The SMILES string of the molecule is CC(/C=C/C=C(C)/C=C/c1ccc([N+](=O)[O-])cc1)=C\C=C\C=C(C)\C=C\C=C(C)\C=C\c1ccc([N+](=O)[O-])cc1. The van der Waals surface area contributed by atoms with E-state index in [1.807, 2.05) is 113 Å². The first-order valence-corrected chi connectivity index (χ1v) is 12.7. The minimum Gasteiger partial charge on any atom is -0.258 e. The minimum atomic E-state index is -0.405. The average molecular weight is 535 g/mol. The molecule has 2 aromatic carbocycles. The molecule has 0 spiro atoms. The van der Waals surface area contributed by atoms with Crippen molar-refractivity contribution >= 4 is 23.5 Å². The molecule has 0 atom stereocenters. The number of nitro groups is 2. The lowest BCUT2D eigenvalue weighted by molar-refractivity contribution is -0.385. The summed E-state index contributed by atoms with van der Waals surface area (Å²) in [5, 5.41) is 21.5. The molecule has 6 nitrogen and oxygen atoms in total. The first-order valence-electron chi connectivity index (χ1n) is 12.7. The Balaban J connectivity index is 1.83. The highest BCUT2D eigenvalue weighted by Gasteiger charge is 2.02. The van der Waals surface area contributed by atoms with Crippen molar-refractivity contribution in [2.45, 2.75) is 27.7 Å². The van der Waals surface area contributed by atoms with Crippen molar-refractivity contribution in [2.75, 3.05) is 0 Å². The zero-order chi connectivity index (χ0) is 29.3. The Morgan fingerprint density at radius 3 is 1.12 bits per heavy atom. The third-order valence-corrected chi connectivity index (χ3v) is 5.55. The number of nitro benzene ring substituents is 2. The van der Waals surface area contributed by atoms with Crippen molar-refractivity contribution < 1.29 is 9.85 Å². The van der Waals surface area contributed by atoms with E-state index in [9.17, 15) is 20.2 Å². The van der Waals surface area contributed by atoms with Crippen LogP contribution in [0, 0.1) is 20.2 Å². The molecule has 0 aliphatic carbocycles. The van der Waals surface area contributed by atoms with Crippen LogP contribution in [0.1, 0.15) is 38.8 Å². The van der Waals surface area contributed by atoms with Gasteiger partial charge in [0.2, 0.25) is 0 Å². The maximum atomic E-state index is 10.7. The number of rotatable bonds is 12. The fourth-order valence-electron chi connectivity index (χ4n) is 3.21. The maximum absolute atomic E-state index is 10.7. The predicted octanol–water partition coefficient (Wildman–Crippen LogP) is 9.68. The van der Waals surface area contributed by atoms with E-state index in [0.717, 1.165) is 33.4 Å². The van der Waals surface area contributed by atoms with Gasteiger partial charge < -0.3 is 0 Å². The fourth-order valence-corrected chi connectivity index (χ4v) is 3.21. The normalized spacial score (nSPS) is 14.0. The van der Waals surface area contributed by atoms with Gasteiger partial charge in [0.1, 0.15) is 0 Å². The second-order valence-corrected chi connectivity index (χ2v) is 9.11. The summed E-state index contributed by atoms with van der Waals surface area (Å²) in [5.41, 5.74) is 6.33. The largest absolute Gasteiger partial charge is 0.269 e. The molecule has 6 heteroatoms. The van der Waals surface area contributed by atoms with Crippen LogP contribution in [0.3, 0.4) is 0 Å². The number of hydrogen-bond acceptors (Lipinski definition) is 4. The van der Waals surface area contributed by atoms with Crippen molar-refractivity contribution in [1.29, 1.82) is 0 Å². The Kier molecular flexibility index (Phi) is 13.0. The van der Waals surface area contributed by atoms with E-state index >= 15 is 0 Å². The van der Waals surface area contributed by atoms with Gasteiger partial charge in [-0.25, -0.2) is 0 Å². The van der Waals surface area contributed by atoms with Crippen molar-refractivity contribution in [3.63, 3.8) is 0 Å².